The first-order valence-corrected chi connectivity index (χ1v) is 5.88. The highest BCUT2D eigenvalue weighted by atomic mass is 16.3. The Balaban J connectivity index is 1.77. The van der Waals surface area contributed by atoms with E-state index in [0.717, 1.165) is 5.76 Å². The van der Waals surface area contributed by atoms with Crippen LogP contribution in [0.4, 0.5) is 4.79 Å². The third-order valence-corrected chi connectivity index (χ3v) is 2.75. The molecule has 0 spiro atoms. The molecule has 0 aliphatic carbocycles. The molecule has 19 heavy (non-hydrogen) atoms. The fourth-order valence-electron chi connectivity index (χ4n) is 1.84. The van der Waals surface area contributed by atoms with E-state index in [-0.39, 0.29) is 6.03 Å². The lowest BCUT2D eigenvalue weighted by atomic mass is 10.3. The summed E-state index contributed by atoms with van der Waals surface area (Å²) in [6, 6.07) is 10.6. The number of amides is 1. The summed E-state index contributed by atoms with van der Waals surface area (Å²) >= 11 is 0. The molecule has 0 fully saturated rings. The number of nitrogens with one attached hydrogen (secondary N) is 1. The van der Waals surface area contributed by atoms with Crippen LogP contribution in [0.25, 0.3) is 11.0 Å². The van der Waals surface area contributed by atoms with Gasteiger partial charge in [0.25, 0.3) is 0 Å². The second-order valence-corrected chi connectivity index (χ2v) is 4.16. The topological polar surface area (TPSA) is 73.0 Å². The van der Waals surface area contributed by atoms with Crippen LogP contribution < -0.4 is 5.32 Å². The molecule has 96 valence electrons. The SMILES string of the molecule is Cc1ccc(CNC(=O)n2nnc3ccccc32)o1. The normalized spacial score (nSPS) is 10.8. The summed E-state index contributed by atoms with van der Waals surface area (Å²) in [6.45, 7) is 2.18. The van der Waals surface area contributed by atoms with Gasteiger partial charge in [-0.15, -0.1) is 5.10 Å². The summed E-state index contributed by atoms with van der Waals surface area (Å²) in [7, 11) is 0. The zero-order chi connectivity index (χ0) is 13.2. The molecule has 0 unspecified atom stereocenters. The van der Waals surface area contributed by atoms with Gasteiger partial charge in [0.1, 0.15) is 17.0 Å². The average molecular weight is 256 g/mol. The van der Waals surface area contributed by atoms with Gasteiger partial charge in [0.2, 0.25) is 0 Å². The summed E-state index contributed by atoms with van der Waals surface area (Å²) < 4.78 is 6.62. The maximum Gasteiger partial charge on any atom is 0.344 e. The number of para-hydroxylation sites is 1. The molecule has 1 amide bonds. The summed E-state index contributed by atoms with van der Waals surface area (Å²) in [6.07, 6.45) is 0. The van der Waals surface area contributed by atoms with Gasteiger partial charge in [0, 0.05) is 0 Å². The van der Waals surface area contributed by atoms with Crippen LogP contribution in [0.3, 0.4) is 0 Å². The van der Waals surface area contributed by atoms with Crippen LogP contribution in [0.5, 0.6) is 0 Å². The first kappa shape index (κ1) is 11.5. The number of carbonyl (C=O) groups is 1. The highest BCUT2D eigenvalue weighted by Gasteiger charge is 2.11. The monoisotopic (exact) mass is 256 g/mol. The van der Waals surface area contributed by atoms with Crippen molar-refractivity contribution in [3.8, 4) is 0 Å². The molecule has 6 heteroatoms. The lowest BCUT2D eigenvalue weighted by Crippen LogP contribution is -2.28. The van der Waals surface area contributed by atoms with E-state index in [1.165, 1.54) is 4.68 Å². The van der Waals surface area contributed by atoms with Gasteiger partial charge in [-0.1, -0.05) is 17.3 Å². The zero-order valence-electron chi connectivity index (χ0n) is 10.3. The lowest BCUT2D eigenvalue weighted by molar-refractivity contribution is 0.238. The van der Waals surface area contributed by atoms with Crippen molar-refractivity contribution in [3.05, 3.63) is 47.9 Å². The van der Waals surface area contributed by atoms with Crippen LogP contribution in [-0.4, -0.2) is 21.0 Å². The third kappa shape index (κ3) is 2.20. The zero-order valence-corrected chi connectivity index (χ0v) is 10.3. The predicted octanol–water partition coefficient (Wildman–Crippen LogP) is 2.09. The van der Waals surface area contributed by atoms with Gasteiger partial charge in [-0.25, -0.2) is 4.79 Å². The van der Waals surface area contributed by atoms with Gasteiger partial charge < -0.3 is 9.73 Å². The molecule has 0 atom stereocenters. The molecule has 2 heterocycles. The fraction of sp³-hybridized carbons (Fsp3) is 0.154. The number of benzene rings is 1. The minimum absolute atomic E-state index is 0.320. The van der Waals surface area contributed by atoms with Crippen LogP contribution in [0, 0.1) is 6.92 Å². The second kappa shape index (κ2) is 4.56. The maximum absolute atomic E-state index is 12.0. The van der Waals surface area contributed by atoms with Crippen LogP contribution in [-0.2, 0) is 6.54 Å². The molecule has 0 aliphatic rings. The number of nitrogens with zero attached hydrogens (tertiary/aromatic N) is 3. The van der Waals surface area contributed by atoms with Gasteiger partial charge in [-0.05, 0) is 31.2 Å². The van der Waals surface area contributed by atoms with Gasteiger partial charge in [-0.3, -0.25) is 0 Å². The summed E-state index contributed by atoms with van der Waals surface area (Å²) in [5, 5.41) is 10.5. The Morgan fingerprint density at radius 3 is 2.95 bits per heavy atom. The molecule has 0 saturated heterocycles. The number of hydrogen-bond donors (Lipinski definition) is 1. The van der Waals surface area contributed by atoms with Crippen molar-refractivity contribution >= 4 is 17.1 Å². The van der Waals surface area contributed by atoms with Crippen LogP contribution in [0.1, 0.15) is 11.5 Å². The molecule has 1 aromatic carbocycles. The molecule has 0 bridgehead atoms. The number of aromatic nitrogens is 3. The van der Waals surface area contributed by atoms with Crippen molar-refractivity contribution in [2.24, 2.45) is 0 Å². The van der Waals surface area contributed by atoms with E-state index in [0.29, 0.717) is 23.3 Å². The van der Waals surface area contributed by atoms with Crippen molar-refractivity contribution in [3.63, 3.8) is 0 Å². The summed E-state index contributed by atoms with van der Waals surface area (Å²) in [5.41, 5.74) is 1.36. The van der Waals surface area contributed by atoms with Gasteiger partial charge in [-0.2, -0.15) is 4.68 Å². The summed E-state index contributed by atoms with van der Waals surface area (Å²) in [5.74, 6) is 1.52. The Bertz CT molecular complexity index is 729. The number of fused-ring (bicyclic) bond motifs is 1. The van der Waals surface area contributed by atoms with E-state index in [2.05, 4.69) is 15.6 Å². The number of hydrogen-bond acceptors (Lipinski definition) is 4. The van der Waals surface area contributed by atoms with E-state index < -0.39 is 0 Å². The van der Waals surface area contributed by atoms with E-state index in [4.69, 9.17) is 4.42 Å². The number of rotatable bonds is 2. The first-order valence-electron chi connectivity index (χ1n) is 5.88. The Hall–Kier alpha value is -2.63. The minimum atomic E-state index is -0.331. The predicted molar refractivity (Wildman–Crippen MR) is 68.6 cm³/mol. The quantitative estimate of drug-likeness (QED) is 0.762. The Kier molecular flexibility index (Phi) is 2.75. The standard InChI is InChI=1S/C13H12N4O2/c1-9-6-7-10(19-9)8-14-13(18)17-12-5-3-2-4-11(12)15-16-17/h2-7H,8H2,1H3,(H,14,18). The molecular formula is C13H12N4O2. The molecule has 6 nitrogen and oxygen atoms in total. The highest BCUT2D eigenvalue weighted by Crippen LogP contribution is 2.09. The molecule has 0 aliphatic heterocycles. The van der Waals surface area contributed by atoms with E-state index in [9.17, 15) is 4.79 Å². The summed E-state index contributed by atoms with van der Waals surface area (Å²) in [4.78, 5) is 12.0. The largest absolute Gasteiger partial charge is 0.465 e. The fourth-order valence-corrected chi connectivity index (χ4v) is 1.84. The molecule has 1 N–H and O–H groups in total. The lowest BCUT2D eigenvalue weighted by Gasteiger charge is -2.02. The van der Waals surface area contributed by atoms with Crippen molar-refractivity contribution < 1.29 is 9.21 Å². The molecule has 3 aromatic rings. The number of furan rings is 1. The number of carbonyl (C=O) groups excluding carboxylic acids is 1. The maximum atomic E-state index is 12.0. The smallest absolute Gasteiger partial charge is 0.344 e. The van der Waals surface area contributed by atoms with E-state index in [1.807, 2.05) is 37.3 Å². The molecule has 0 radical (unpaired) electrons. The van der Waals surface area contributed by atoms with Crippen molar-refractivity contribution in [2.75, 3.05) is 0 Å². The van der Waals surface area contributed by atoms with Crippen LogP contribution in [0.2, 0.25) is 0 Å². The Labute approximate surface area is 109 Å². The van der Waals surface area contributed by atoms with E-state index >= 15 is 0 Å². The number of aryl methyl sites for hydroxylation is 1. The highest BCUT2D eigenvalue weighted by molar-refractivity contribution is 5.87. The second-order valence-electron chi connectivity index (χ2n) is 4.16. The van der Waals surface area contributed by atoms with Crippen molar-refractivity contribution in [2.45, 2.75) is 13.5 Å². The molecule has 2 aromatic heterocycles. The molecule has 0 saturated carbocycles. The van der Waals surface area contributed by atoms with Gasteiger partial charge in [0.15, 0.2) is 0 Å². The van der Waals surface area contributed by atoms with Crippen LogP contribution >= 0.6 is 0 Å². The first-order chi connectivity index (χ1) is 9.24. The average Bonchev–Trinajstić information content (AvgIpc) is 3.02. The van der Waals surface area contributed by atoms with Crippen molar-refractivity contribution in [1.82, 2.24) is 20.3 Å². The third-order valence-electron chi connectivity index (χ3n) is 2.75. The van der Waals surface area contributed by atoms with Crippen molar-refractivity contribution in [1.29, 1.82) is 0 Å². The Morgan fingerprint density at radius 1 is 1.32 bits per heavy atom. The van der Waals surface area contributed by atoms with Gasteiger partial charge in [0.05, 0.1) is 12.1 Å². The van der Waals surface area contributed by atoms with E-state index in [1.54, 1.807) is 6.07 Å². The molecular weight excluding hydrogens is 244 g/mol. The minimum Gasteiger partial charge on any atom is -0.465 e. The molecule has 3 rings (SSSR count). The Morgan fingerprint density at radius 2 is 2.16 bits per heavy atom. The van der Waals surface area contributed by atoms with Crippen LogP contribution in [0.15, 0.2) is 40.8 Å². The van der Waals surface area contributed by atoms with Gasteiger partial charge >= 0.3 is 6.03 Å².